The number of carbonyl (C=O) groups is 1. The van der Waals surface area contributed by atoms with Crippen molar-refractivity contribution in [2.24, 2.45) is 0 Å². The molecule has 0 amide bonds. The Morgan fingerprint density at radius 2 is 2.04 bits per heavy atom. The topological polar surface area (TPSA) is 85.7 Å². The zero-order valence-electron chi connectivity index (χ0n) is 14.1. The van der Waals surface area contributed by atoms with Crippen LogP contribution in [0.25, 0.3) is 16.8 Å². The van der Waals surface area contributed by atoms with Crippen LogP contribution >= 0.6 is 0 Å². The lowest BCUT2D eigenvalue weighted by Gasteiger charge is -2.04. The minimum absolute atomic E-state index is 0.0431. The molecule has 0 aliphatic carbocycles. The summed E-state index contributed by atoms with van der Waals surface area (Å²) in [7, 11) is 1.59. The van der Waals surface area contributed by atoms with Crippen molar-refractivity contribution in [2.45, 2.75) is 20.0 Å². The lowest BCUT2D eigenvalue weighted by Crippen LogP contribution is -2.18. The summed E-state index contributed by atoms with van der Waals surface area (Å²) in [4.78, 5) is 28.7. The van der Waals surface area contributed by atoms with Crippen LogP contribution in [0.2, 0.25) is 0 Å². The Labute approximate surface area is 144 Å². The Bertz CT molecular complexity index is 944. The molecule has 0 unspecified atom stereocenters. The van der Waals surface area contributed by atoms with Gasteiger partial charge in [0, 0.05) is 18.7 Å². The minimum atomic E-state index is -0.410. The summed E-state index contributed by atoms with van der Waals surface area (Å²) in [5, 5.41) is 3.04. The summed E-state index contributed by atoms with van der Waals surface area (Å²) in [5.74, 6) is -0.410. The molecule has 0 fully saturated rings. The Hall–Kier alpha value is -2.93. The van der Waals surface area contributed by atoms with Crippen LogP contribution in [0.3, 0.4) is 0 Å². The molecule has 0 saturated carbocycles. The second kappa shape index (κ2) is 7.31. The molecule has 3 rings (SSSR count). The SMILES string of the molecule is CCOC(=O)Cc1cc(=O)n2[nH]c(COC)c(-c3ccccc3)c2n1. The summed E-state index contributed by atoms with van der Waals surface area (Å²) in [6.07, 6.45) is -0.0431. The molecular weight excluding hydrogens is 322 g/mol. The molecule has 3 aromatic rings. The summed E-state index contributed by atoms with van der Waals surface area (Å²) in [5.41, 5.74) is 2.99. The molecule has 2 heterocycles. The number of aromatic nitrogens is 3. The number of benzene rings is 1. The first kappa shape index (κ1) is 16.9. The number of hydrogen-bond donors (Lipinski definition) is 1. The first-order valence-corrected chi connectivity index (χ1v) is 7.97. The van der Waals surface area contributed by atoms with Gasteiger partial charge in [-0.2, -0.15) is 0 Å². The Kier molecular flexibility index (Phi) is 4.95. The first-order chi connectivity index (χ1) is 12.1. The second-order valence-corrected chi connectivity index (χ2v) is 5.49. The minimum Gasteiger partial charge on any atom is -0.466 e. The third-order valence-corrected chi connectivity index (χ3v) is 3.73. The van der Waals surface area contributed by atoms with Gasteiger partial charge in [0.05, 0.1) is 31.0 Å². The third-order valence-electron chi connectivity index (χ3n) is 3.73. The summed E-state index contributed by atoms with van der Waals surface area (Å²) in [6, 6.07) is 11.0. The van der Waals surface area contributed by atoms with Crippen LogP contribution in [0.5, 0.6) is 0 Å². The predicted octanol–water partition coefficient (Wildman–Crippen LogP) is 1.94. The van der Waals surface area contributed by atoms with E-state index in [1.54, 1.807) is 14.0 Å². The molecule has 0 aliphatic rings. The average Bonchev–Trinajstić information content (AvgIpc) is 2.95. The number of fused-ring (bicyclic) bond motifs is 1. The molecule has 0 spiro atoms. The molecule has 130 valence electrons. The van der Waals surface area contributed by atoms with Crippen LogP contribution in [0.4, 0.5) is 0 Å². The molecule has 7 heteroatoms. The number of esters is 1. The van der Waals surface area contributed by atoms with Crippen molar-refractivity contribution < 1.29 is 14.3 Å². The lowest BCUT2D eigenvalue weighted by atomic mass is 10.1. The number of hydrogen-bond acceptors (Lipinski definition) is 5. The Morgan fingerprint density at radius 3 is 2.72 bits per heavy atom. The summed E-state index contributed by atoms with van der Waals surface area (Å²) < 4.78 is 11.5. The van der Waals surface area contributed by atoms with Crippen molar-refractivity contribution in [1.82, 2.24) is 14.6 Å². The molecule has 0 radical (unpaired) electrons. The number of rotatable bonds is 6. The van der Waals surface area contributed by atoms with Gasteiger partial charge < -0.3 is 9.47 Å². The molecule has 0 atom stereocenters. The normalized spacial score (nSPS) is 11.0. The van der Waals surface area contributed by atoms with E-state index in [0.717, 1.165) is 16.8 Å². The average molecular weight is 341 g/mol. The van der Waals surface area contributed by atoms with Crippen LogP contribution < -0.4 is 5.56 Å². The van der Waals surface area contributed by atoms with Gasteiger partial charge in [-0.3, -0.25) is 14.7 Å². The maximum atomic E-state index is 12.4. The first-order valence-electron chi connectivity index (χ1n) is 7.97. The van der Waals surface area contributed by atoms with Crippen molar-refractivity contribution in [2.75, 3.05) is 13.7 Å². The highest BCUT2D eigenvalue weighted by Gasteiger charge is 2.18. The van der Waals surface area contributed by atoms with E-state index in [1.807, 2.05) is 30.3 Å². The highest BCUT2D eigenvalue weighted by Crippen LogP contribution is 2.27. The lowest BCUT2D eigenvalue weighted by molar-refractivity contribution is -0.142. The third kappa shape index (κ3) is 3.46. The monoisotopic (exact) mass is 341 g/mol. The Balaban J connectivity index is 2.17. The number of nitrogens with one attached hydrogen (secondary N) is 1. The molecular formula is C18H19N3O4. The van der Waals surface area contributed by atoms with E-state index < -0.39 is 5.97 Å². The van der Waals surface area contributed by atoms with Crippen molar-refractivity contribution >= 4 is 11.6 Å². The number of aromatic amines is 1. The summed E-state index contributed by atoms with van der Waals surface area (Å²) in [6.45, 7) is 2.33. The summed E-state index contributed by atoms with van der Waals surface area (Å²) >= 11 is 0. The highest BCUT2D eigenvalue weighted by atomic mass is 16.5. The van der Waals surface area contributed by atoms with Crippen LogP contribution in [-0.4, -0.2) is 34.3 Å². The zero-order valence-corrected chi connectivity index (χ0v) is 14.1. The number of ether oxygens (including phenoxy) is 2. The van der Waals surface area contributed by atoms with Gasteiger partial charge in [-0.05, 0) is 12.5 Å². The number of nitrogens with zero attached hydrogens (tertiary/aromatic N) is 2. The highest BCUT2D eigenvalue weighted by molar-refractivity contribution is 5.80. The van der Waals surface area contributed by atoms with Crippen LogP contribution in [0, 0.1) is 0 Å². The fraction of sp³-hybridized carbons (Fsp3) is 0.278. The van der Waals surface area contributed by atoms with E-state index in [1.165, 1.54) is 10.6 Å². The van der Waals surface area contributed by atoms with E-state index in [2.05, 4.69) is 10.1 Å². The second-order valence-electron chi connectivity index (χ2n) is 5.49. The molecule has 0 saturated heterocycles. The van der Waals surface area contributed by atoms with E-state index in [9.17, 15) is 9.59 Å². The van der Waals surface area contributed by atoms with Crippen LogP contribution in [0.1, 0.15) is 18.3 Å². The largest absolute Gasteiger partial charge is 0.466 e. The fourth-order valence-electron chi connectivity index (χ4n) is 2.74. The number of methoxy groups -OCH3 is 1. The van der Waals surface area contributed by atoms with Crippen molar-refractivity contribution in [3.63, 3.8) is 0 Å². The van der Waals surface area contributed by atoms with Crippen molar-refractivity contribution in [3.8, 4) is 11.1 Å². The van der Waals surface area contributed by atoms with Gasteiger partial charge >= 0.3 is 5.97 Å². The van der Waals surface area contributed by atoms with E-state index in [-0.39, 0.29) is 18.6 Å². The fourth-order valence-corrected chi connectivity index (χ4v) is 2.74. The molecule has 0 aliphatic heterocycles. The molecule has 7 nitrogen and oxygen atoms in total. The van der Waals surface area contributed by atoms with Crippen LogP contribution in [-0.2, 0) is 27.3 Å². The Morgan fingerprint density at radius 1 is 1.28 bits per heavy atom. The van der Waals surface area contributed by atoms with Gasteiger partial charge in [-0.15, -0.1) is 0 Å². The number of H-pyrrole nitrogens is 1. The van der Waals surface area contributed by atoms with E-state index in [0.29, 0.717) is 17.9 Å². The van der Waals surface area contributed by atoms with Crippen LogP contribution in [0.15, 0.2) is 41.2 Å². The predicted molar refractivity (Wildman–Crippen MR) is 92.3 cm³/mol. The maximum absolute atomic E-state index is 12.4. The van der Waals surface area contributed by atoms with Crippen molar-refractivity contribution in [3.05, 3.63) is 58.1 Å². The molecule has 0 bridgehead atoms. The quantitative estimate of drug-likeness (QED) is 0.693. The standard InChI is InChI=1S/C18H19N3O4/c1-3-25-16(23)10-13-9-15(22)21-18(19-13)17(14(20-21)11-24-2)12-7-5-4-6-8-12/h4-9,20H,3,10-11H2,1-2H3. The smallest absolute Gasteiger partial charge is 0.311 e. The molecule has 1 N–H and O–H groups in total. The van der Waals surface area contributed by atoms with Gasteiger partial charge in [-0.1, -0.05) is 30.3 Å². The van der Waals surface area contributed by atoms with Gasteiger partial charge in [0.25, 0.3) is 5.56 Å². The van der Waals surface area contributed by atoms with Gasteiger partial charge in [0.2, 0.25) is 0 Å². The van der Waals surface area contributed by atoms with E-state index in [4.69, 9.17) is 9.47 Å². The maximum Gasteiger partial charge on any atom is 0.311 e. The van der Waals surface area contributed by atoms with Crippen molar-refractivity contribution in [1.29, 1.82) is 0 Å². The zero-order chi connectivity index (χ0) is 17.8. The van der Waals surface area contributed by atoms with Gasteiger partial charge in [-0.25, -0.2) is 9.50 Å². The van der Waals surface area contributed by atoms with Gasteiger partial charge in [0.1, 0.15) is 0 Å². The van der Waals surface area contributed by atoms with E-state index >= 15 is 0 Å². The molecule has 25 heavy (non-hydrogen) atoms. The molecule has 1 aromatic carbocycles. The molecule has 2 aromatic heterocycles. The number of carbonyl (C=O) groups excluding carboxylic acids is 1. The van der Waals surface area contributed by atoms with Gasteiger partial charge in [0.15, 0.2) is 5.65 Å².